The van der Waals surface area contributed by atoms with E-state index >= 15 is 0 Å². The molecule has 0 aliphatic heterocycles. The molecule has 15 heavy (non-hydrogen) atoms. The third-order valence-corrected chi connectivity index (χ3v) is 3.49. The molecule has 0 aromatic carbocycles. The molecule has 2 rings (SSSR count). The first-order chi connectivity index (χ1) is 7.31. The minimum Gasteiger partial charge on any atom is -0.369 e. The number of anilines is 1. The van der Waals surface area contributed by atoms with Crippen LogP contribution in [-0.4, -0.2) is 9.36 Å². The number of nitrogens with zero attached hydrogens (tertiary/aromatic N) is 3. The minimum absolute atomic E-state index is 0.253. The van der Waals surface area contributed by atoms with Gasteiger partial charge in [0.1, 0.15) is 16.6 Å². The summed E-state index contributed by atoms with van der Waals surface area (Å²) >= 11 is 8.45. The van der Waals surface area contributed by atoms with Crippen LogP contribution in [-0.2, 0) is 6.54 Å². The third kappa shape index (κ3) is 2.26. The summed E-state index contributed by atoms with van der Waals surface area (Å²) < 4.78 is 3.89. The average molecular weight is 257 g/mol. The van der Waals surface area contributed by atoms with Gasteiger partial charge in [-0.15, -0.1) is 11.3 Å². The summed E-state index contributed by atoms with van der Waals surface area (Å²) in [6, 6.07) is 2.01. The molecule has 0 bridgehead atoms. The minimum atomic E-state index is 0.253. The highest BCUT2D eigenvalue weighted by Gasteiger charge is 2.11. The van der Waals surface area contributed by atoms with Crippen LogP contribution in [0.2, 0.25) is 5.15 Å². The van der Waals surface area contributed by atoms with E-state index in [1.807, 2.05) is 11.4 Å². The molecular weight excluding hydrogens is 252 g/mol. The topological polar surface area (TPSA) is 61.6 Å². The van der Waals surface area contributed by atoms with Crippen LogP contribution >= 0.6 is 34.5 Å². The molecule has 7 heteroatoms. The molecule has 0 amide bonds. The predicted molar refractivity (Wildman–Crippen MR) is 61.3 cm³/mol. The fourth-order valence-corrected chi connectivity index (χ4v) is 2.47. The summed E-state index contributed by atoms with van der Waals surface area (Å²) in [6.45, 7) is 0.580. The van der Waals surface area contributed by atoms with Crippen molar-refractivity contribution >= 4 is 39.5 Å². The second-order valence-corrected chi connectivity index (χ2v) is 4.47. The molecule has 2 heterocycles. The maximum atomic E-state index is 8.82. The maximum Gasteiger partial charge on any atom is 0.162 e. The fraction of sp³-hybridized carbons (Fsp3) is 0.125. The van der Waals surface area contributed by atoms with Crippen molar-refractivity contribution in [1.82, 2.24) is 9.36 Å². The van der Waals surface area contributed by atoms with Crippen molar-refractivity contribution in [3.8, 4) is 6.07 Å². The molecule has 2 aromatic rings. The normalized spacial score (nSPS) is 9.87. The first kappa shape index (κ1) is 10.4. The zero-order valence-electron chi connectivity index (χ0n) is 7.40. The van der Waals surface area contributed by atoms with Gasteiger partial charge in [0.15, 0.2) is 5.15 Å². The van der Waals surface area contributed by atoms with E-state index in [1.165, 1.54) is 22.9 Å². The molecular formula is C8H5ClN4S2. The zero-order chi connectivity index (χ0) is 10.7. The summed E-state index contributed by atoms with van der Waals surface area (Å²) in [5.41, 5.74) is 3.10. The number of halogens is 1. The highest BCUT2D eigenvalue weighted by Crippen LogP contribution is 2.27. The number of aromatic nitrogens is 2. The Labute approximate surface area is 99.3 Å². The van der Waals surface area contributed by atoms with E-state index in [-0.39, 0.29) is 5.15 Å². The second-order valence-electron chi connectivity index (χ2n) is 2.62. The monoisotopic (exact) mass is 256 g/mol. The van der Waals surface area contributed by atoms with Crippen molar-refractivity contribution < 1.29 is 0 Å². The van der Waals surface area contributed by atoms with Crippen molar-refractivity contribution in [3.63, 3.8) is 0 Å². The van der Waals surface area contributed by atoms with Crippen LogP contribution in [0.5, 0.6) is 0 Å². The Morgan fingerprint density at radius 1 is 1.60 bits per heavy atom. The van der Waals surface area contributed by atoms with Crippen molar-refractivity contribution in [2.24, 2.45) is 0 Å². The van der Waals surface area contributed by atoms with E-state index in [9.17, 15) is 0 Å². The van der Waals surface area contributed by atoms with Gasteiger partial charge in [0, 0.05) is 5.38 Å². The Bertz CT molecular complexity index is 485. The Morgan fingerprint density at radius 3 is 3.13 bits per heavy atom. The lowest BCUT2D eigenvalue weighted by atomic mass is 10.4. The molecule has 2 aromatic heterocycles. The summed E-state index contributed by atoms with van der Waals surface area (Å²) in [6.07, 6.45) is 0. The number of thiazole rings is 1. The van der Waals surface area contributed by atoms with Crippen LogP contribution in [0.4, 0.5) is 5.00 Å². The van der Waals surface area contributed by atoms with Gasteiger partial charge < -0.3 is 5.32 Å². The van der Waals surface area contributed by atoms with Crippen LogP contribution < -0.4 is 5.32 Å². The highest BCUT2D eigenvalue weighted by atomic mass is 35.5. The Kier molecular flexibility index (Phi) is 3.16. The average Bonchev–Trinajstić information content (AvgIpc) is 2.84. The maximum absolute atomic E-state index is 8.82. The smallest absolute Gasteiger partial charge is 0.162 e. The van der Waals surface area contributed by atoms with E-state index in [0.717, 1.165) is 5.69 Å². The van der Waals surface area contributed by atoms with Crippen molar-refractivity contribution in [3.05, 3.63) is 27.3 Å². The van der Waals surface area contributed by atoms with Gasteiger partial charge in [0.2, 0.25) is 0 Å². The van der Waals surface area contributed by atoms with Crippen LogP contribution in [0.15, 0.2) is 10.9 Å². The summed E-state index contributed by atoms with van der Waals surface area (Å²) in [7, 11) is 0. The van der Waals surface area contributed by atoms with Crippen molar-refractivity contribution in [2.75, 3.05) is 5.32 Å². The van der Waals surface area contributed by atoms with Gasteiger partial charge in [0.25, 0.3) is 0 Å². The third-order valence-electron chi connectivity index (χ3n) is 1.68. The van der Waals surface area contributed by atoms with Crippen molar-refractivity contribution in [2.45, 2.75) is 6.54 Å². The zero-order valence-corrected chi connectivity index (χ0v) is 9.79. The lowest BCUT2D eigenvalue weighted by Gasteiger charge is -1.99. The van der Waals surface area contributed by atoms with Gasteiger partial charge in [0.05, 0.1) is 17.7 Å². The highest BCUT2D eigenvalue weighted by molar-refractivity contribution is 7.10. The molecule has 0 aliphatic carbocycles. The molecule has 4 nitrogen and oxygen atoms in total. The van der Waals surface area contributed by atoms with Gasteiger partial charge in [-0.3, -0.25) is 0 Å². The molecule has 0 aliphatic rings. The van der Waals surface area contributed by atoms with Crippen LogP contribution in [0.1, 0.15) is 11.3 Å². The molecule has 1 N–H and O–H groups in total. The van der Waals surface area contributed by atoms with Gasteiger partial charge in [-0.1, -0.05) is 11.6 Å². The second kappa shape index (κ2) is 4.57. The molecule has 0 saturated heterocycles. The number of hydrogen-bond donors (Lipinski definition) is 1. The SMILES string of the molecule is N#Cc1c(Cl)nsc1NCc1cscn1. The molecule has 0 radical (unpaired) electrons. The largest absolute Gasteiger partial charge is 0.369 e. The molecule has 0 atom stereocenters. The standard InChI is InChI=1S/C8H5ClN4S2/c9-7-6(1-10)8(15-13-7)11-2-5-3-14-4-12-5/h3-4,11H,2H2. The quantitative estimate of drug-likeness (QED) is 0.917. The predicted octanol–water partition coefficient (Wildman–Crippen LogP) is 2.74. The molecule has 76 valence electrons. The van der Waals surface area contributed by atoms with E-state index in [4.69, 9.17) is 16.9 Å². The molecule has 0 saturated carbocycles. The van der Waals surface area contributed by atoms with Crippen LogP contribution in [0.25, 0.3) is 0 Å². The number of nitriles is 1. The number of rotatable bonds is 3. The van der Waals surface area contributed by atoms with E-state index in [0.29, 0.717) is 17.1 Å². The van der Waals surface area contributed by atoms with Gasteiger partial charge in [-0.05, 0) is 11.5 Å². The lowest BCUT2D eigenvalue weighted by Crippen LogP contribution is -1.98. The molecule has 0 spiro atoms. The van der Waals surface area contributed by atoms with Gasteiger partial charge in [-0.25, -0.2) is 4.98 Å². The van der Waals surface area contributed by atoms with E-state index in [1.54, 1.807) is 5.51 Å². The number of hydrogen-bond acceptors (Lipinski definition) is 6. The number of nitrogens with one attached hydrogen (secondary N) is 1. The Morgan fingerprint density at radius 2 is 2.47 bits per heavy atom. The van der Waals surface area contributed by atoms with Gasteiger partial charge in [-0.2, -0.15) is 9.64 Å². The summed E-state index contributed by atoms with van der Waals surface area (Å²) in [5.74, 6) is 0. The lowest BCUT2D eigenvalue weighted by molar-refractivity contribution is 1.08. The summed E-state index contributed by atoms with van der Waals surface area (Å²) in [5, 5.41) is 14.8. The van der Waals surface area contributed by atoms with E-state index in [2.05, 4.69) is 14.7 Å². The summed E-state index contributed by atoms with van der Waals surface area (Å²) in [4.78, 5) is 4.12. The van der Waals surface area contributed by atoms with Crippen LogP contribution in [0.3, 0.4) is 0 Å². The Hall–Kier alpha value is -1.16. The first-order valence-corrected chi connectivity index (χ1v) is 6.07. The van der Waals surface area contributed by atoms with Crippen molar-refractivity contribution in [1.29, 1.82) is 5.26 Å². The van der Waals surface area contributed by atoms with E-state index < -0.39 is 0 Å². The van der Waals surface area contributed by atoms with Crippen LogP contribution in [0, 0.1) is 11.3 Å². The molecule has 0 unspecified atom stereocenters. The fourth-order valence-electron chi connectivity index (χ4n) is 0.984. The first-order valence-electron chi connectivity index (χ1n) is 3.97. The Balaban J connectivity index is 2.09. The molecule has 0 fully saturated rings. The van der Waals surface area contributed by atoms with Gasteiger partial charge >= 0.3 is 0 Å².